The minimum atomic E-state index is -0.202. The maximum atomic E-state index is 12.2. The molecule has 2 unspecified atom stereocenters. The van der Waals surface area contributed by atoms with Crippen molar-refractivity contribution in [1.29, 1.82) is 0 Å². The molecule has 7 heteroatoms. The highest BCUT2D eigenvalue weighted by Crippen LogP contribution is 2.29. The Morgan fingerprint density at radius 1 is 1.13 bits per heavy atom. The second-order valence-corrected chi connectivity index (χ2v) is 7.50. The van der Waals surface area contributed by atoms with Crippen LogP contribution in [0.15, 0.2) is 48.5 Å². The molecule has 1 fully saturated rings. The number of halogens is 1. The number of hydrogen-bond donors (Lipinski definition) is 2. The highest BCUT2D eigenvalue weighted by molar-refractivity contribution is 5.91. The molecule has 2 aromatic rings. The molecule has 2 N–H and O–H groups in total. The predicted octanol–water partition coefficient (Wildman–Crippen LogP) is 3.71. The minimum Gasteiger partial charge on any atom is -0.490 e. The molecule has 0 saturated carbocycles. The van der Waals surface area contributed by atoms with E-state index >= 15 is 0 Å². The predicted molar refractivity (Wildman–Crippen MR) is 123 cm³/mol. The first kappa shape index (κ1) is 24.0. The number of nitrogens with one attached hydrogen (secondary N) is 2. The van der Waals surface area contributed by atoms with Crippen molar-refractivity contribution in [2.24, 2.45) is 0 Å². The summed E-state index contributed by atoms with van der Waals surface area (Å²) >= 11 is 0. The van der Waals surface area contributed by atoms with E-state index in [1.54, 1.807) is 0 Å². The summed E-state index contributed by atoms with van der Waals surface area (Å²) in [7, 11) is 0. The number of rotatable bonds is 8. The van der Waals surface area contributed by atoms with Crippen molar-refractivity contribution in [2.75, 3.05) is 31.6 Å². The van der Waals surface area contributed by atoms with Gasteiger partial charge in [0.1, 0.15) is 0 Å². The summed E-state index contributed by atoms with van der Waals surface area (Å²) in [5, 5.41) is 6.33. The Labute approximate surface area is 185 Å². The van der Waals surface area contributed by atoms with Crippen LogP contribution in [-0.2, 0) is 11.3 Å². The number of anilines is 1. The third-order valence-corrected chi connectivity index (χ3v) is 5.00. The second kappa shape index (κ2) is 11.8. The van der Waals surface area contributed by atoms with E-state index in [9.17, 15) is 4.79 Å². The number of benzene rings is 2. The van der Waals surface area contributed by atoms with Gasteiger partial charge < -0.3 is 20.1 Å². The fraction of sp³-hybridized carbons (Fsp3) is 0.435. The summed E-state index contributed by atoms with van der Waals surface area (Å²) < 4.78 is 11.5. The first-order chi connectivity index (χ1) is 14.0. The average molecular weight is 434 g/mol. The Kier molecular flexibility index (Phi) is 9.43. The molecule has 0 spiro atoms. The number of nitrogens with zero attached hydrogens (tertiary/aromatic N) is 1. The van der Waals surface area contributed by atoms with E-state index in [1.165, 1.54) is 5.56 Å². The summed E-state index contributed by atoms with van der Waals surface area (Å²) in [5.41, 5.74) is 1.93. The number of carbonyl (C=O) groups excluding carboxylic acids is 1. The second-order valence-electron chi connectivity index (χ2n) is 7.50. The molecular formula is C23H32ClN3O3. The van der Waals surface area contributed by atoms with Crippen LogP contribution in [0.1, 0.15) is 26.3 Å². The lowest BCUT2D eigenvalue weighted by atomic mass is 10.1. The number of piperazine rings is 1. The number of amides is 1. The van der Waals surface area contributed by atoms with Crippen molar-refractivity contribution in [3.8, 4) is 11.5 Å². The van der Waals surface area contributed by atoms with Gasteiger partial charge in [0.05, 0.1) is 6.61 Å². The molecular weight excluding hydrogens is 402 g/mol. The van der Waals surface area contributed by atoms with Crippen LogP contribution in [0.2, 0.25) is 0 Å². The number of para-hydroxylation sites is 1. The molecule has 164 valence electrons. The van der Waals surface area contributed by atoms with E-state index in [1.807, 2.05) is 55.5 Å². The number of ether oxygens (including phenoxy) is 2. The van der Waals surface area contributed by atoms with Crippen LogP contribution in [0.3, 0.4) is 0 Å². The van der Waals surface area contributed by atoms with Crippen molar-refractivity contribution < 1.29 is 14.3 Å². The van der Waals surface area contributed by atoms with E-state index in [0.29, 0.717) is 30.2 Å². The van der Waals surface area contributed by atoms with Crippen LogP contribution >= 0.6 is 12.4 Å². The lowest BCUT2D eigenvalue weighted by molar-refractivity contribution is -0.118. The van der Waals surface area contributed by atoms with Gasteiger partial charge in [-0.3, -0.25) is 9.69 Å². The summed E-state index contributed by atoms with van der Waals surface area (Å²) in [6, 6.07) is 16.3. The maximum absolute atomic E-state index is 12.2. The molecule has 3 rings (SSSR count). The third-order valence-electron chi connectivity index (χ3n) is 5.00. The van der Waals surface area contributed by atoms with E-state index in [2.05, 4.69) is 29.4 Å². The summed E-state index contributed by atoms with van der Waals surface area (Å²) in [6.45, 7) is 9.74. The Morgan fingerprint density at radius 3 is 2.63 bits per heavy atom. The van der Waals surface area contributed by atoms with Gasteiger partial charge in [-0.1, -0.05) is 24.3 Å². The Balaban J connectivity index is 0.00000320. The zero-order valence-corrected chi connectivity index (χ0v) is 18.7. The standard InChI is InChI=1S/C23H31N3O3.ClH/c1-4-28-22-12-19(15-26-14-17(2)24-13-18(26)3)10-11-21(22)29-16-23(27)25-20-8-6-5-7-9-20;/h5-12,17-18,24H,4,13-16H2,1-3H3,(H,25,27);1H. The Bertz CT molecular complexity index is 804. The molecule has 2 atom stereocenters. The van der Waals surface area contributed by atoms with E-state index in [4.69, 9.17) is 9.47 Å². The van der Waals surface area contributed by atoms with Gasteiger partial charge in [0.25, 0.3) is 5.91 Å². The largest absolute Gasteiger partial charge is 0.490 e. The van der Waals surface area contributed by atoms with Gasteiger partial charge in [0, 0.05) is 37.4 Å². The first-order valence-electron chi connectivity index (χ1n) is 10.3. The highest BCUT2D eigenvalue weighted by Gasteiger charge is 2.22. The molecule has 1 amide bonds. The fourth-order valence-electron chi connectivity index (χ4n) is 3.45. The molecule has 30 heavy (non-hydrogen) atoms. The average Bonchev–Trinajstić information content (AvgIpc) is 2.71. The summed E-state index contributed by atoms with van der Waals surface area (Å²) in [6.07, 6.45) is 0. The van der Waals surface area contributed by atoms with Crippen molar-refractivity contribution in [2.45, 2.75) is 39.4 Å². The van der Waals surface area contributed by atoms with E-state index < -0.39 is 0 Å². The molecule has 0 radical (unpaired) electrons. The number of hydrogen-bond acceptors (Lipinski definition) is 5. The highest BCUT2D eigenvalue weighted by atomic mass is 35.5. The molecule has 1 aliphatic rings. The molecule has 0 bridgehead atoms. The van der Waals surface area contributed by atoms with E-state index in [0.717, 1.165) is 25.3 Å². The van der Waals surface area contributed by atoms with Gasteiger partial charge >= 0.3 is 0 Å². The van der Waals surface area contributed by atoms with Crippen molar-refractivity contribution >= 4 is 24.0 Å². The molecule has 1 saturated heterocycles. The van der Waals surface area contributed by atoms with Gasteiger partial charge in [-0.05, 0) is 50.6 Å². The number of carbonyl (C=O) groups is 1. The smallest absolute Gasteiger partial charge is 0.262 e. The maximum Gasteiger partial charge on any atom is 0.262 e. The topological polar surface area (TPSA) is 62.8 Å². The molecule has 6 nitrogen and oxygen atoms in total. The Hall–Kier alpha value is -2.28. The summed E-state index contributed by atoms with van der Waals surface area (Å²) in [5.74, 6) is 1.06. The zero-order chi connectivity index (χ0) is 20.6. The Morgan fingerprint density at radius 2 is 1.90 bits per heavy atom. The van der Waals surface area contributed by atoms with Crippen molar-refractivity contribution in [3.05, 3.63) is 54.1 Å². The summed E-state index contributed by atoms with van der Waals surface area (Å²) in [4.78, 5) is 14.6. The van der Waals surface area contributed by atoms with Gasteiger partial charge in [-0.2, -0.15) is 0 Å². The molecule has 1 aliphatic heterocycles. The van der Waals surface area contributed by atoms with Crippen LogP contribution < -0.4 is 20.1 Å². The van der Waals surface area contributed by atoms with Crippen LogP contribution in [0.4, 0.5) is 5.69 Å². The van der Waals surface area contributed by atoms with Crippen LogP contribution in [0, 0.1) is 0 Å². The monoisotopic (exact) mass is 433 g/mol. The van der Waals surface area contributed by atoms with Crippen LogP contribution in [0.25, 0.3) is 0 Å². The van der Waals surface area contributed by atoms with E-state index in [-0.39, 0.29) is 24.9 Å². The van der Waals surface area contributed by atoms with Gasteiger partial charge in [0.2, 0.25) is 0 Å². The molecule has 2 aromatic carbocycles. The minimum absolute atomic E-state index is 0. The zero-order valence-electron chi connectivity index (χ0n) is 17.9. The molecule has 0 aliphatic carbocycles. The van der Waals surface area contributed by atoms with Crippen LogP contribution in [0.5, 0.6) is 11.5 Å². The van der Waals surface area contributed by atoms with Gasteiger partial charge in [-0.15, -0.1) is 12.4 Å². The van der Waals surface area contributed by atoms with Crippen molar-refractivity contribution in [3.63, 3.8) is 0 Å². The lowest BCUT2D eigenvalue weighted by Gasteiger charge is -2.37. The van der Waals surface area contributed by atoms with Crippen molar-refractivity contribution in [1.82, 2.24) is 10.2 Å². The SMILES string of the molecule is CCOc1cc(CN2CC(C)NCC2C)ccc1OCC(=O)Nc1ccccc1.Cl. The fourth-order valence-corrected chi connectivity index (χ4v) is 3.45. The first-order valence-corrected chi connectivity index (χ1v) is 10.3. The normalized spacial score (nSPS) is 18.9. The van der Waals surface area contributed by atoms with Gasteiger partial charge in [-0.25, -0.2) is 0 Å². The molecule has 0 aromatic heterocycles. The quantitative estimate of drug-likeness (QED) is 0.664. The molecule has 1 heterocycles. The lowest BCUT2D eigenvalue weighted by Crippen LogP contribution is -2.53. The van der Waals surface area contributed by atoms with Gasteiger partial charge in [0.15, 0.2) is 18.1 Å². The van der Waals surface area contributed by atoms with Crippen LogP contribution in [-0.4, -0.2) is 49.2 Å². The third kappa shape index (κ3) is 6.90.